The molecule has 0 aliphatic heterocycles. The summed E-state index contributed by atoms with van der Waals surface area (Å²) in [5.74, 6) is 0. The molecule has 0 amide bonds. The normalized spacial score (nSPS) is 17.0. The van der Waals surface area contributed by atoms with Crippen molar-refractivity contribution in [2.45, 2.75) is 18.3 Å². The highest BCUT2D eigenvalue weighted by molar-refractivity contribution is 5.71. The van der Waals surface area contributed by atoms with Crippen molar-refractivity contribution < 1.29 is 4.79 Å². The molecule has 0 radical (unpaired) electrons. The Bertz CT molecular complexity index is 514. The average molecular weight is 213 g/mol. The van der Waals surface area contributed by atoms with Gasteiger partial charge in [-0.3, -0.25) is 0 Å². The van der Waals surface area contributed by atoms with Gasteiger partial charge in [-0.25, -0.2) is 4.68 Å². The van der Waals surface area contributed by atoms with Gasteiger partial charge in [0.05, 0.1) is 23.0 Å². The molecule has 0 spiro atoms. The molecular weight excluding hydrogens is 202 g/mol. The number of hydrogen-bond acceptors (Lipinski definition) is 3. The lowest BCUT2D eigenvalue weighted by molar-refractivity contribution is -0.109. The molecule has 0 saturated heterocycles. The second-order valence-corrected chi connectivity index (χ2v) is 4.16. The van der Waals surface area contributed by atoms with E-state index in [1.165, 1.54) is 0 Å². The topological polar surface area (TPSA) is 47.8 Å². The highest BCUT2D eigenvalue weighted by atomic mass is 16.1. The maximum absolute atomic E-state index is 11.0. The fraction of sp³-hybridized carbons (Fsp3) is 0.250. The first-order valence-corrected chi connectivity index (χ1v) is 5.29. The Morgan fingerprint density at radius 3 is 2.62 bits per heavy atom. The van der Waals surface area contributed by atoms with Crippen molar-refractivity contribution in [3.8, 4) is 5.69 Å². The Kier molecular flexibility index (Phi) is 1.89. The van der Waals surface area contributed by atoms with E-state index in [2.05, 4.69) is 10.3 Å². The van der Waals surface area contributed by atoms with Crippen LogP contribution in [0.25, 0.3) is 5.69 Å². The van der Waals surface area contributed by atoms with Gasteiger partial charge in [-0.15, -0.1) is 5.10 Å². The summed E-state index contributed by atoms with van der Waals surface area (Å²) < 4.78 is 1.71. The SMILES string of the molecule is O=CC1(c2cn(-c3ccccc3)nn2)CC1. The van der Waals surface area contributed by atoms with Crippen molar-refractivity contribution in [1.29, 1.82) is 0 Å². The van der Waals surface area contributed by atoms with Crippen LogP contribution in [0.2, 0.25) is 0 Å². The molecule has 1 fully saturated rings. The maximum atomic E-state index is 11.0. The minimum absolute atomic E-state index is 0.340. The molecule has 4 nitrogen and oxygen atoms in total. The molecule has 3 rings (SSSR count). The van der Waals surface area contributed by atoms with Crippen molar-refractivity contribution in [2.75, 3.05) is 0 Å². The number of carbonyl (C=O) groups is 1. The van der Waals surface area contributed by atoms with Crippen molar-refractivity contribution in [1.82, 2.24) is 15.0 Å². The van der Waals surface area contributed by atoms with Gasteiger partial charge in [0.2, 0.25) is 0 Å². The van der Waals surface area contributed by atoms with Crippen molar-refractivity contribution in [3.05, 3.63) is 42.2 Å². The molecule has 80 valence electrons. The van der Waals surface area contributed by atoms with Crippen molar-refractivity contribution >= 4 is 6.29 Å². The molecule has 0 N–H and O–H groups in total. The van der Waals surface area contributed by atoms with E-state index in [0.29, 0.717) is 0 Å². The lowest BCUT2D eigenvalue weighted by Crippen LogP contribution is -2.07. The quantitative estimate of drug-likeness (QED) is 0.726. The second kappa shape index (κ2) is 3.27. The number of benzene rings is 1. The van der Waals surface area contributed by atoms with Crippen LogP contribution in [0.5, 0.6) is 0 Å². The molecule has 2 aromatic rings. The summed E-state index contributed by atoms with van der Waals surface area (Å²) in [6, 6.07) is 9.76. The predicted octanol–water partition coefficient (Wildman–Crippen LogP) is 1.50. The Labute approximate surface area is 92.9 Å². The number of nitrogens with zero attached hydrogens (tertiary/aromatic N) is 3. The van der Waals surface area contributed by atoms with Gasteiger partial charge in [-0.1, -0.05) is 23.4 Å². The maximum Gasteiger partial charge on any atom is 0.132 e. The molecule has 16 heavy (non-hydrogen) atoms. The summed E-state index contributed by atoms with van der Waals surface area (Å²) in [6.07, 6.45) is 4.62. The summed E-state index contributed by atoms with van der Waals surface area (Å²) in [5.41, 5.74) is 1.40. The van der Waals surface area contributed by atoms with E-state index in [-0.39, 0.29) is 5.41 Å². The Morgan fingerprint density at radius 2 is 2.00 bits per heavy atom. The van der Waals surface area contributed by atoms with E-state index in [0.717, 1.165) is 30.5 Å². The van der Waals surface area contributed by atoms with E-state index < -0.39 is 0 Å². The zero-order valence-electron chi connectivity index (χ0n) is 8.71. The Balaban J connectivity index is 1.97. The highest BCUT2D eigenvalue weighted by Gasteiger charge is 2.46. The van der Waals surface area contributed by atoms with Crippen LogP contribution in [0, 0.1) is 0 Å². The van der Waals surface area contributed by atoms with Gasteiger partial charge in [-0.2, -0.15) is 0 Å². The van der Waals surface area contributed by atoms with E-state index in [1.54, 1.807) is 4.68 Å². The van der Waals surface area contributed by atoms with Crippen LogP contribution in [-0.4, -0.2) is 21.3 Å². The molecule has 1 aromatic heterocycles. The number of hydrogen-bond donors (Lipinski definition) is 0. The number of carbonyl (C=O) groups excluding carboxylic acids is 1. The molecule has 0 bridgehead atoms. The van der Waals surface area contributed by atoms with Crippen LogP contribution >= 0.6 is 0 Å². The summed E-state index contributed by atoms with van der Waals surface area (Å²) >= 11 is 0. The monoisotopic (exact) mass is 213 g/mol. The first-order valence-electron chi connectivity index (χ1n) is 5.29. The van der Waals surface area contributed by atoms with E-state index >= 15 is 0 Å². The second-order valence-electron chi connectivity index (χ2n) is 4.16. The van der Waals surface area contributed by atoms with Crippen LogP contribution in [0.1, 0.15) is 18.5 Å². The molecule has 1 saturated carbocycles. The van der Waals surface area contributed by atoms with E-state index in [4.69, 9.17) is 0 Å². The minimum atomic E-state index is -0.340. The molecule has 0 unspecified atom stereocenters. The van der Waals surface area contributed by atoms with Gasteiger partial charge >= 0.3 is 0 Å². The molecule has 1 aliphatic carbocycles. The number of para-hydroxylation sites is 1. The molecule has 1 aliphatic rings. The van der Waals surface area contributed by atoms with Gasteiger partial charge in [0.25, 0.3) is 0 Å². The highest BCUT2D eigenvalue weighted by Crippen LogP contribution is 2.45. The average Bonchev–Trinajstić information content (AvgIpc) is 3.00. The fourth-order valence-corrected chi connectivity index (χ4v) is 1.77. The molecule has 0 atom stereocenters. The zero-order valence-corrected chi connectivity index (χ0v) is 8.71. The number of aldehydes is 1. The number of aromatic nitrogens is 3. The number of rotatable bonds is 3. The fourth-order valence-electron chi connectivity index (χ4n) is 1.77. The minimum Gasteiger partial charge on any atom is -0.302 e. The van der Waals surface area contributed by atoms with Crippen molar-refractivity contribution in [3.63, 3.8) is 0 Å². The van der Waals surface area contributed by atoms with E-state index in [1.807, 2.05) is 36.5 Å². The van der Waals surface area contributed by atoms with Crippen LogP contribution < -0.4 is 0 Å². The smallest absolute Gasteiger partial charge is 0.132 e. The predicted molar refractivity (Wildman–Crippen MR) is 58.3 cm³/mol. The lowest BCUT2D eigenvalue weighted by atomic mass is 10.1. The summed E-state index contributed by atoms with van der Waals surface area (Å²) in [5, 5.41) is 8.13. The Morgan fingerprint density at radius 1 is 1.25 bits per heavy atom. The van der Waals surface area contributed by atoms with Crippen molar-refractivity contribution in [2.24, 2.45) is 0 Å². The van der Waals surface area contributed by atoms with Gasteiger partial charge in [0, 0.05) is 0 Å². The van der Waals surface area contributed by atoms with Crippen LogP contribution in [0.4, 0.5) is 0 Å². The summed E-state index contributed by atoms with van der Waals surface area (Å²) in [7, 11) is 0. The van der Waals surface area contributed by atoms with E-state index in [9.17, 15) is 4.79 Å². The third-order valence-corrected chi connectivity index (χ3v) is 3.04. The molecule has 1 heterocycles. The first kappa shape index (κ1) is 9.27. The third kappa shape index (κ3) is 1.34. The first-order chi connectivity index (χ1) is 7.84. The summed E-state index contributed by atoms with van der Waals surface area (Å²) in [6.45, 7) is 0. The van der Waals surface area contributed by atoms with Gasteiger partial charge in [0.15, 0.2) is 0 Å². The Hall–Kier alpha value is -1.97. The van der Waals surface area contributed by atoms with Crippen LogP contribution in [0.3, 0.4) is 0 Å². The molecular formula is C12H11N3O. The molecule has 1 aromatic carbocycles. The van der Waals surface area contributed by atoms with Crippen LogP contribution in [-0.2, 0) is 10.2 Å². The zero-order chi connectivity index (χ0) is 11.0. The van der Waals surface area contributed by atoms with Gasteiger partial charge < -0.3 is 4.79 Å². The standard InChI is InChI=1S/C12H11N3O/c16-9-12(6-7-12)11-8-15(14-13-11)10-4-2-1-3-5-10/h1-5,8-9H,6-7H2. The largest absolute Gasteiger partial charge is 0.302 e. The van der Waals surface area contributed by atoms with Gasteiger partial charge in [0.1, 0.15) is 6.29 Å². The summed E-state index contributed by atoms with van der Waals surface area (Å²) in [4.78, 5) is 11.0. The molecule has 4 heteroatoms. The van der Waals surface area contributed by atoms with Gasteiger partial charge in [-0.05, 0) is 25.0 Å². The van der Waals surface area contributed by atoms with Crippen LogP contribution in [0.15, 0.2) is 36.5 Å². The third-order valence-electron chi connectivity index (χ3n) is 3.04. The lowest BCUT2D eigenvalue weighted by Gasteiger charge is -1.99.